The summed E-state index contributed by atoms with van der Waals surface area (Å²) in [5, 5.41) is 60.0. The largest absolute Gasteiger partial charge is 0.508 e. The van der Waals surface area contributed by atoms with Crippen molar-refractivity contribution in [2.24, 2.45) is 0 Å². The number of fused-ring (bicyclic) bond motifs is 4. The number of hydrogen-bond donors (Lipinski definition) is 6. The van der Waals surface area contributed by atoms with Gasteiger partial charge in [0.1, 0.15) is 46.8 Å². The first-order chi connectivity index (χ1) is 23.3. The summed E-state index contributed by atoms with van der Waals surface area (Å²) in [6.07, 6.45) is 5.43. The molecule has 0 saturated carbocycles. The highest BCUT2D eigenvalue weighted by atomic mass is 19.1. The third kappa shape index (κ3) is 5.75. The van der Waals surface area contributed by atoms with E-state index in [1.807, 2.05) is 4.90 Å². The lowest BCUT2D eigenvalue weighted by Gasteiger charge is -2.34. The Kier molecular flexibility index (Phi) is 8.44. The molecule has 3 fully saturated rings. The average molecular weight is 688 g/mol. The number of ether oxygens (including phenoxy) is 2. The van der Waals surface area contributed by atoms with Crippen LogP contribution in [0.25, 0.3) is 32.9 Å². The molecule has 13 nitrogen and oxygen atoms in total. The van der Waals surface area contributed by atoms with Gasteiger partial charge in [-0.05, 0) is 68.7 Å². The minimum Gasteiger partial charge on any atom is -0.508 e. The predicted octanol–water partition coefficient (Wildman–Crippen LogP) is 2.55. The van der Waals surface area contributed by atoms with E-state index in [0.717, 1.165) is 56.5 Å². The highest BCUT2D eigenvalue weighted by Crippen LogP contribution is 2.46. The van der Waals surface area contributed by atoms with Crippen LogP contribution in [-0.2, 0) is 5.79 Å². The number of halogens is 3. The van der Waals surface area contributed by atoms with Crippen LogP contribution < -0.4 is 14.4 Å². The molecule has 2 aromatic carbocycles. The van der Waals surface area contributed by atoms with Crippen molar-refractivity contribution in [3.63, 3.8) is 0 Å². The third-order valence-corrected chi connectivity index (χ3v) is 9.79. The minimum atomic E-state index is -4.24. The molecule has 3 saturated heterocycles. The van der Waals surface area contributed by atoms with Crippen LogP contribution in [-0.4, -0.2) is 108 Å². The van der Waals surface area contributed by atoms with E-state index in [4.69, 9.17) is 9.47 Å². The maximum Gasteiger partial charge on any atom is 0.337 e. The number of methoxy groups -OCH3 is 1. The van der Waals surface area contributed by atoms with Crippen molar-refractivity contribution < 1.29 is 53.3 Å². The van der Waals surface area contributed by atoms with Crippen LogP contribution in [0.3, 0.4) is 0 Å². The van der Waals surface area contributed by atoms with Crippen molar-refractivity contribution >= 4 is 27.5 Å². The molecule has 2 aromatic heterocycles. The second-order valence-electron chi connectivity index (χ2n) is 12.9. The SMILES string of the molecule is COc1nc2c3c(nc(-c4cc(O)cc5ccc(F)c(C(O)(O)C(O)(O)O)c45)c(F)c3n1)OCC1CCCCN21.FC1CC2CCCN2C1. The maximum absolute atomic E-state index is 16.4. The van der Waals surface area contributed by atoms with Gasteiger partial charge in [0, 0.05) is 30.1 Å². The number of aromatic nitrogens is 3. The molecular formula is C33H36F3N5O8. The molecule has 4 aromatic rings. The summed E-state index contributed by atoms with van der Waals surface area (Å²) < 4.78 is 55.4. The van der Waals surface area contributed by atoms with Crippen LogP contribution in [0.15, 0.2) is 24.3 Å². The predicted molar refractivity (Wildman–Crippen MR) is 168 cm³/mol. The van der Waals surface area contributed by atoms with E-state index in [1.165, 1.54) is 20.0 Å². The molecule has 4 aliphatic heterocycles. The number of anilines is 1. The van der Waals surface area contributed by atoms with Crippen LogP contribution in [0.2, 0.25) is 0 Å². The van der Waals surface area contributed by atoms with E-state index >= 15 is 8.78 Å². The van der Waals surface area contributed by atoms with Crippen LogP contribution in [0.4, 0.5) is 19.0 Å². The Morgan fingerprint density at radius 1 is 0.939 bits per heavy atom. The van der Waals surface area contributed by atoms with Gasteiger partial charge in [0.05, 0.1) is 18.7 Å². The van der Waals surface area contributed by atoms with Gasteiger partial charge in [-0.2, -0.15) is 9.97 Å². The molecular weight excluding hydrogens is 651 g/mol. The van der Waals surface area contributed by atoms with Crippen molar-refractivity contribution in [2.75, 3.05) is 38.3 Å². The lowest BCUT2D eigenvalue weighted by Crippen LogP contribution is -2.52. The van der Waals surface area contributed by atoms with Crippen molar-refractivity contribution in [2.45, 2.75) is 68.5 Å². The number of aliphatic hydroxyl groups is 5. The van der Waals surface area contributed by atoms with Crippen LogP contribution in [0.1, 0.15) is 44.1 Å². The van der Waals surface area contributed by atoms with Crippen molar-refractivity contribution in [3.8, 4) is 28.9 Å². The minimum absolute atomic E-state index is 0.0621. The molecule has 6 heterocycles. The number of phenolic OH excluding ortho intramolecular Hbond substituents is 1. The summed E-state index contributed by atoms with van der Waals surface area (Å²) in [7, 11) is 1.32. The Labute approximate surface area is 277 Å². The normalized spacial score (nSPS) is 22.3. The zero-order valence-corrected chi connectivity index (χ0v) is 26.5. The quantitative estimate of drug-likeness (QED) is 0.172. The number of rotatable bonds is 4. The van der Waals surface area contributed by atoms with Gasteiger partial charge >= 0.3 is 12.0 Å². The fourth-order valence-corrected chi connectivity index (χ4v) is 7.46. The molecule has 49 heavy (non-hydrogen) atoms. The topological polar surface area (TPSA) is 185 Å². The molecule has 262 valence electrons. The van der Waals surface area contributed by atoms with Crippen molar-refractivity contribution in [1.82, 2.24) is 19.9 Å². The number of pyridine rings is 1. The van der Waals surface area contributed by atoms with Gasteiger partial charge in [-0.3, -0.25) is 4.90 Å². The van der Waals surface area contributed by atoms with Crippen LogP contribution >= 0.6 is 0 Å². The Morgan fingerprint density at radius 2 is 1.71 bits per heavy atom. The molecule has 4 aliphatic rings. The number of hydrogen-bond acceptors (Lipinski definition) is 13. The van der Waals surface area contributed by atoms with E-state index < -0.39 is 52.0 Å². The Balaban J connectivity index is 0.000000361. The number of aromatic hydroxyl groups is 1. The van der Waals surface area contributed by atoms with E-state index in [-0.39, 0.29) is 46.4 Å². The fourth-order valence-electron chi connectivity index (χ4n) is 7.46. The summed E-state index contributed by atoms with van der Waals surface area (Å²) in [5.41, 5.74) is -2.40. The first-order valence-electron chi connectivity index (χ1n) is 16.1. The standard InChI is InChI=1S/C26H24F2N4O8.C7H12FN/c1-39-24-30-21-17-22(31-24)32-7-3-2-4-12(32)10-40-23(17)29-20(19(21)28)14-9-13(33)8-11-5-6-15(27)18(16(11)14)25(34,35)26(36,37)38;8-6-4-7-2-1-3-9(7)5-6/h5-6,8-9,12,33-38H,2-4,7,10H2,1H3;6-7H,1-5H2. The van der Waals surface area contributed by atoms with Crippen molar-refractivity contribution in [1.29, 1.82) is 0 Å². The van der Waals surface area contributed by atoms with Gasteiger partial charge in [0.2, 0.25) is 5.88 Å². The highest BCUT2D eigenvalue weighted by molar-refractivity contribution is 6.03. The van der Waals surface area contributed by atoms with Gasteiger partial charge in [0.25, 0.3) is 5.79 Å². The van der Waals surface area contributed by atoms with Gasteiger partial charge in [0.15, 0.2) is 5.82 Å². The smallest absolute Gasteiger partial charge is 0.337 e. The van der Waals surface area contributed by atoms with Crippen molar-refractivity contribution in [3.05, 3.63) is 41.5 Å². The summed E-state index contributed by atoms with van der Waals surface area (Å²) in [4.78, 5) is 17.3. The number of nitrogens with zero attached hydrogens (tertiary/aromatic N) is 5. The molecule has 6 N–H and O–H groups in total. The van der Waals surface area contributed by atoms with E-state index in [9.17, 15) is 35.0 Å². The molecule has 8 rings (SSSR count). The van der Waals surface area contributed by atoms with Gasteiger partial charge in [-0.25, -0.2) is 18.2 Å². The molecule has 16 heteroatoms. The summed E-state index contributed by atoms with van der Waals surface area (Å²) in [6.45, 7) is 2.67. The molecule has 3 atom stereocenters. The molecule has 0 aliphatic carbocycles. The highest BCUT2D eigenvalue weighted by Gasteiger charge is 2.51. The Bertz CT molecular complexity index is 1910. The maximum atomic E-state index is 16.4. The Hall–Kier alpha value is -4.06. The average Bonchev–Trinajstić information content (AvgIpc) is 3.60. The lowest BCUT2D eigenvalue weighted by molar-refractivity contribution is -0.454. The zero-order chi connectivity index (χ0) is 34.8. The monoisotopic (exact) mass is 687 g/mol. The van der Waals surface area contributed by atoms with Gasteiger partial charge < -0.3 is 45.0 Å². The molecule has 3 unspecified atom stereocenters. The fraction of sp³-hybridized carbons (Fsp3) is 0.485. The second-order valence-corrected chi connectivity index (χ2v) is 12.9. The second kappa shape index (κ2) is 12.4. The zero-order valence-electron chi connectivity index (χ0n) is 26.5. The first-order valence-corrected chi connectivity index (χ1v) is 16.1. The molecule has 0 spiro atoms. The number of phenols is 1. The number of benzene rings is 2. The molecule has 0 amide bonds. The van der Waals surface area contributed by atoms with Crippen LogP contribution in [0, 0.1) is 11.6 Å². The van der Waals surface area contributed by atoms with Gasteiger partial charge in [-0.1, -0.05) is 6.07 Å². The van der Waals surface area contributed by atoms with Crippen LogP contribution in [0.5, 0.6) is 17.6 Å². The Morgan fingerprint density at radius 3 is 2.45 bits per heavy atom. The number of piperidine rings is 1. The third-order valence-electron chi connectivity index (χ3n) is 9.79. The van der Waals surface area contributed by atoms with E-state index in [2.05, 4.69) is 19.9 Å². The molecule has 0 radical (unpaired) electrons. The summed E-state index contributed by atoms with van der Waals surface area (Å²) in [5.74, 6) is -10.8. The summed E-state index contributed by atoms with van der Waals surface area (Å²) in [6, 6.07) is 4.33. The first kappa shape index (κ1) is 33.4. The lowest BCUT2D eigenvalue weighted by atomic mass is 9.90. The van der Waals surface area contributed by atoms with Gasteiger partial charge in [-0.15, -0.1) is 0 Å². The number of alkyl halides is 1. The molecule has 0 bridgehead atoms. The van der Waals surface area contributed by atoms with E-state index in [0.29, 0.717) is 24.9 Å². The summed E-state index contributed by atoms with van der Waals surface area (Å²) >= 11 is 0. The van der Waals surface area contributed by atoms with E-state index in [1.54, 1.807) is 0 Å².